The molecule has 0 amide bonds. The largest absolute Gasteiger partial charge is 0.519 e. The van der Waals surface area contributed by atoms with Crippen molar-refractivity contribution >= 4 is 71.0 Å². The van der Waals surface area contributed by atoms with Crippen molar-refractivity contribution in [1.29, 1.82) is 0 Å². The summed E-state index contributed by atoms with van der Waals surface area (Å²) in [6.07, 6.45) is 3.82. The molecule has 0 aromatic heterocycles. The summed E-state index contributed by atoms with van der Waals surface area (Å²) in [6, 6.07) is 0. The summed E-state index contributed by atoms with van der Waals surface area (Å²) in [7, 11) is 10.4. The van der Waals surface area contributed by atoms with Crippen LogP contribution in [-0.2, 0) is 0 Å². The van der Waals surface area contributed by atoms with Crippen molar-refractivity contribution in [2.24, 2.45) is 0 Å². The average Bonchev–Trinajstić information content (AvgIpc) is 2.01. The SMILES string of the molecule is CCC[CH2][Al]([Br])[Br].CC[CH2][Al]([Cl])[Cl]. The molecule has 0 atom stereocenters. The molecule has 0 N–H and O–H groups in total. The van der Waals surface area contributed by atoms with Crippen LogP contribution in [0.4, 0.5) is 0 Å². The van der Waals surface area contributed by atoms with Gasteiger partial charge < -0.3 is 0 Å². The van der Waals surface area contributed by atoms with Gasteiger partial charge in [-0.15, -0.1) is 0 Å². The van der Waals surface area contributed by atoms with Crippen LogP contribution < -0.4 is 0 Å². The molecule has 0 aliphatic heterocycles. The van der Waals surface area contributed by atoms with Gasteiger partial charge in [0.2, 0.25) is 0 Å². The highest BCUT2D eigenvalue weighted by Crippen LogP contribution is 2.11. The van der Waals surface area contributed by atoms with E-state index in [2.05, 4.69) is 42.0 Å². The molecule has 0 saturated heterocycles. The first-order valence-electron chi connectivity index (χ1n) is 4.60. The van der Waals surface area contributed by atoms with E-state index in [4.69, 9.17) is 20.1 Å². The zero-order valence-electron chi connectivity index (χ0n) is 8.20. The Kier molecular flexibility index (Phi) is 20.2. The molecule has 13 heavy (non-hydrogen) atoms. The zero-order valence-corrected chi connectivity index (χ0v) is 15.2. The molecule has 0 fully saturated rings. The van der Waals surface area contributed by atoms with Gasteiger partial charge in [-0.3, -0.25) is 0 Å². The van der Waals surface area contributed by atoms with Gasteiger partial charge in [-0.1, -0.05) is 43.7 Å². The molecule has 6 heteroatoms. The Morgan fingerprint density at radius 2 is 1.54 bits per heavy atom. The predicted molar refractivity (Wildman–Crippen MR) is 75.9 cm³/mol. The van der Waals surface area contributed by atoms with Gasteiger partial charge in [0.15, 0.2) is 0 Å². The van der Waals surface area contributed by atoms with Crippen molar-refractivity contribution in [1.82, 2.24) is 0 Å². The van der Waals surface area contributed by atoms with Crippen molar-refractivity contribution in [2.45, 2.75) is 43.7 Å². The Hall–Kier alpha value is 2.60. The molecule has 0 aliphatic carbocycles. The third kappa shape index (κ3) is 25.2. The molecule has 0 aromatic rings. The van der Waals surface area contributed by atoms with Crippen LogP contribution in [0.2, 0.25) is 10.6 Å². The van der Waals surface area contributed by atoms with Crippen molar-refractivity contribution < 1.29 is 0 Å². The second kappa shape index (κ2) is 14.6. The smallest absolute Gasteiger partial charge is 0.234 e. The van der Waals surface area contributed by atoms with Crippen LogP contribution >= 0.6 is 48.2 Å². The van der Waals surface area contributed by atoms with E-state index in [1.54, 1.807) is 0 Å². The molecular weight excluding hydrogens is 369 g/mol. The van der Waals surface area contributed by atoms with Gasteiger partial charge in [0.25, 0.3) is 0 Å². The van der Waals surface area contributed by atoms with E-state index in [1.165, 1.54) is 18.1 Å². The van der Waals surface area contributed by atoms with E-state index in [9.17, 15) is 0 Å². The first-order chi connectivity index (χ1) is 6.04. The topological polar surface area (TPSA) is 0 Å². The van der Waals surface area contributed by atoms with Crippen molar-refractivity contribution in [3.63, 3.8) is 0 Å². The summed E-state index contributed by atoms with van der Waals surface area (Å²) in [5, 5.41) is 2.42. The van der Waals surface area contributed by atoms with Gasteiger partial charge in [-0.25, -0.2) is 20.1 Å². The molecule has 0 heterocycles. The van der Waals surface area contributed by atoms with Gasteiger partial charge in [-0.2, -0.15) is 28.1 Å². The Balaban J connectivity index is 0. The first kappa shape index (κ1) is 18.0. The van der Waals surface area contributed by atoms with Crippen molar-refractivity contribution in [3.05, 3.63) is 0 Å². The van der Waals surface area contributed by atoms with E-state index in [0.29, 0.717) is 0 Å². The number of hydrogen-bond acceptors (Lipinski definition) is 0. The van der Waals surface area contributed by atoms with Crippen LogP contribution in [0.5, 0.6) is 0 Å². The highest BCUT2D eigenvalue weighted by molar-refractivity contribution is 9.49. The van der Waals surface area contributed by atoms with E-state index in [0.717, 1.165) is 11.7 Å². The highest BCUT2D eigenvalue weighted by Gasteiger charge is 2.06. The molecule has 0 unspecified atom stereocenters. The minimum absolute atomic E-state index is 0.563. The number of hydrogen-bond donors (Lipinski definition) is 0. The van der Waals surface area contributed by atoms with Crippen LogP contribution in [0.3, 0.4) is 0 Å². The van der Waals surface area contributed by atoms with Gasteiger partial charge in [0, 0.05) is 0 Å². The average molecular weight is 385 g/mol. The lowest BCUT2D eigenvalue weighted by Gasteiger charge is -1.89. The van der Waals surface area contributed by atoms with Gasteiger partial charge in [0.05, 0.1) is 0 Å². The summed E-state index contributed by atoms with van der Waals surface area (Å²) in [5.74, 6) is 0. The van der Waals surface area contributed by atoms with Crippen LogP contribution in [0.15, 0.2) is 0 Å². The van der Waals surface area contributed by atoms with Crippen molar-refractivity contribution in [2.75, 3.05) is 0 Å². The molecule has 0 saturated carbocycles. The van der Waals surface area contributed by atoms with Gasteiger partial charge in [0.1, 0.15) is 0 Å². The minimum atomic E-state index is -1.23. The summed E-state index contributed by atoms with van der Waals surface area (Å²) in [6.45, 7) is 4.31. The second-order valence-electron chi connectivity index (χ2n) is 2.71. The summed E-state index contributed by atoms with van der Waals surface area (Å²) in [4.78, 5) is 0. The molecule has 0 spiro atoms. The van der Waals surface area contributed by atoms with Crippen LogP contribution in [0, 0.1) is 0 Å². The van der Waals surface area contributed by atoms with Crippen LogP contribution in [-0.4, -0.2) is 22.8 Å². The third-order valence-corrected chi connectivity index (χ3v) is 7.20. The summed E-state index contributed by atoms with van der Waals surface area (Å²) >= 11 is 5.84. The highest BCUT2D eigenvalue weighted by atomic mass is 79.9. The Morgan fingerprint density at radius 1 is 1.00 bits per heavy atom. The van der Waals surface area contributed by atoms with Crippen molar-refractivity contribution in [3.8, 4) is 0 Å². The predicted octanol–water partition coefficient (Wildman–Crippen LogP) is 5.43. The maximum atomic E-state index is 5.48. The Morgan fingerprint density at radius 3 is 1.62 bits per heavy atom. The number of rotatable bonds is 5. The van der Waals surface area contributed by atoms with E-state index in [1.807, 2.05) is 0 Å². The van der Waals surface area contributed by atoms with Gasteiger partial charge in [-0.05, 0) is 0 Å². The maximum absolute atomic E-state index is 5.48. The fourth-order valence-corrected chi connectivity index (χ4v) is 4.98. The van der Waals surface area contributed by atoms with E-state index in [-0.39, 0.29) is 0 Å². The zero-order chi connectivity index (χ0) is 10.7. The standard InChI is InChI=1S/C4H9.C3H7.2Al.2BrH.2ClH/c1-3-4-2;1-3-2;;;;;;/h1,3-4H2,2H3;1,3H2,2H3;;;4*1H/q;;2*+2;;;;/p-4. The van der Waals surface area contributed by atoms with E-state index < -0.39 is 22.8 Å². The lowest BCUT2D eigenvalue weighted by molar-refractivity contribution is 0.882. The summed E-state index contributed by atoms with van der Waals surface area (Å²) < 4.78 is 0. The molecule has 0 rings (SSSR count). The number of unbranched alkanes of at least 4 members (excludes halogenated alkanes) is 1. The molecule has 0 aromatic carbocycles. The fourth-order valence-electron chi connectivity index (χ4n) is 0.577. The quantitative estimate of drug-likeness (QED) is 0.555. The first-order valence-corrected chi connectivity index (χ1v) is 16.1. The Labute approximate surface area is 113 Å². The van der Waals surface area contributed by atoms with Crippen LogP contribution in [0.25, 0.3) is 0 Å². The monoisotopic (exact) mass is 382 g/mol. The summed E-state index contributed by atoms with van der Waals surface area (Å²) in [5.41, 5.74) is 0. The molecule has 0 nitrogen and oxygen atoms in total. The second-order valence-corrected chi connectivity index (χ2v) is 19.6. The molecular formula is C7H16Al2Br2Cl2. The molecule has 78 valence electrons. The molecule has 0 radical (unpaired) electrons. The lowest BCUT2D eigenvalue weighted by atomic mass is 10.4. The molecule has 0 aliphatic rings. The molecule has 0 bridgehead atoms. The Bertz CT molecular complexity index is 94.6. The van der Waals surface area contributed by atoms with E-state index >= 15 is 0 Å². The minimum Gasteiger partial charge on any atom is -0.234 e. The third-order valence-electron chi connectivity index (χ3n) is 1.28. The number of halogens is 4. The normalized spacial score (nSPS) is 8.77. The lowest BCUT2D eigenvalue weighted by Crippen LogP contribution is -1.87. The van der Waals surface area contributed by atoms with Crippen LogP contribution in [0.1, 0.15) is 33.1 Å². The van der Waals surface area contributed by atoms with Gasteiger partial charge >= 0.3 is 22.8 Å². The fraction of sp³-hybridized carbons (Fsp3) is 1.00. The maximum Gasteiger partial charge on any atom is 0.519 e.